The van der Waals surface area contributed by atoms with Crippen LogP contribution in [0.1, 0.15) is 73.0 Å². The predicted octanol–water partition coefficient (Wildman–Crippen LogP) is 3.82. The molecule has 3 rings (SSSR count). The van der Waals surface area contributed by atoms with Crippen molar-refractivity contribution >= 4 is 11.8 Å². The summed E-state index contributed by atoms with van der Waals surface area (Å²) >= 11 is 0. The van der Waals surface area contributed by atoms with E-state index < -0.39 is 0 Å². The molecule has 1 aromatic carbocycles. The van der Waals surface area contributed by atoms with E-state index in [1.807, 2.05) is 36.1 Å². The quantitative estimate of drug-likeness (QED) is 0.730. The van der Waals surface area contributed by atoms with Crippen molar-refractivity contribution in [3.8, 4) is 5.75 Å². The fourth-order valence-electron chi connectivity index (χ4n) is 3.89. The first-order valence-corrected chi connectivity index (χ1v) is 10.9. The van der Waals surface area contributed by atoms with Crippen molar-refractivity contribution in [1.82, 2.24) is 20.2 Å². The zero-order valence-electron chi connectivity index (χ0n) is 18.9. The Balaban J connectivity index is 1.70. The van der Waals surface area contributed by atoms with Gasteiger partial charge in [-0.1, -0.05) is 26.0 Å². The van der Waals surface area contributed by atoms with Gasteiger partial charge in [0.15, 0.2) is 5.82 Å². The molecule has 0 aliphatic carbocycles. The van der Waals surface area contributed by atoms with Crippen molar-refractivity contribution in [3.05, 3.63) is 53.1 Å². The van der Waals surface area contributed by atoms with E-state index in [9.17, 15) is 9.59 Å². The van der Waals surface area contributed by atoms with Gasteiger partial charge in [-0.25, -0.2) is 9.97 Å². The van der Waals surface area contributed by atoms with Crippen molar-refractivity contribution in [2.45, 2.75) is 59.0 Å². The van der Waals surface area contributed by atoms with Gasteiger partial charge in [-0.05, 0) is 49.8 Å². The molecular formula is C24H32N4O3. The second-order valence-corrected chi connectivity index (χ2v) is 8.46. The monoisotopic (exact) mass is 424 g/mol. The maximum absolute atomic E-state index is 12.7. The van der Waals surface area contributed by atoms with Crippen LogP contribution < -0.4 is 10.1 Å². The second kappa shape index (κ2) is 10.4. The Morgan fingerprint density at radius 3 is 2.81 bits per heavy atom. The lowest BCUT2D eigenvalue weighted by Crippen LogP contribution is -2.40. The van der Waals surface area contributed by atoms with E-state index in [1.54, 1.807) is 13.3 Å². The summed E-state index contributed by atoms with van der Waals surface area (Å²) in [5.41, 5.74) is 2.02. The van der Waals surface area contributed by atoms with E-state index in [4.69, 9.17) is 4.74 Å². The molecule has 0 bridgehead atoms. The number of nitrogens with zero attached hydrogens (tertiary/aromatic N) is 3. The molecule has 7 heteroatoms. The Morgan fingerprint density at radius 2 is 2.10 bits per heavy atom. The number of aryl methyl sites for hydroxylation is 1. The molecule has 1 aliphatic rings. The summed E-state index contributed by atoms with van der Waals surface area (Å²) in [4.78, 5) is 36.4. The van der Waals surface area contributed by atoms with Crippen LogP contribution in [-0.4, -0.2) is 40.3 Å². The molecule has 166 valence electrons. The molecule has 2 heterocycles. The third-order valence-electron chi connectivity index (χ3n) is 5.53. The topological polar surface area (TPSA) is 84.4 Å². The summed E-state index contributed by atoms with van der Waals surface area (Å²) in [5.74, 6) is 1.62. The van der Waals surface area contributed by atoms with Gasteiger partial charge in [-0.15, -0.1) is 0 Å². The van der Waals surface area contributed by atoms with Gasteiger partial charge < -0.3 is 15.0 Å². The third-order valence-corrected chi connectivity index (χ3v) is 5.53. The zero-order valence-corrected chi connectivity index (χ0v) is 18.9. The van der Waals surface area contributed by atoms with Gasteiger partial charge in [0.05, 0.1) is 24.4 Å². The van der Waals surface area contributed by atoms with Crippen LogP contribution in [0, 0.1) is 12.8 Å². The van der Waals surface area contributed by atoms with Crippen LogP contribution in [0.3, 0.4) is 0 Å². The lowest BCUT2D eigenvalue weighted by Gasteiger charge is -2.35. The Labute approximate surface area is 184 Å². The van der Waals surface area contributed by atoms with E-state index in [-0.39, 0.29) is 17.9 Å². The average Bonchev–Trinajstić information content (AvgIpc) is 2.77. The fourth-order valence-corrected chi connectivity index (χ4v) is 3.89. The number of hydrogen-bond acceptors (Lipinski definition) is 5. The number of hydrogen-bond donors (Lipinski definition) is 1. The molecule has 1 N–H and O–H groups in total. The molecule has 1 saturated heterocycles. The minimum atomic E-state index is -0.219. The summed E-state index contributed by atoms with van der Waals surface area (Å²) in [6.45, 7) is 7.04. The Bertz CT molecular complexity index is 929. The van der Waals surface area contributed by atoms with E-state index in [1.165, 1.54) is 0 Å². The maximum Gasteiger partial charge on any atom is 0.254 e. The Kier molecular flexibility index (Phi) is 7.60. The molecule has 0 spiro atoms. The number of rotatable bonds is 7. The van der Waals surface area contributed by atoms with Gasteiger partial charge in [-0.3, -0.25) is 9.59 Å². The maximum atomic E-state index is 12.7. The number of nitrogens with one attached hydrogen (secondary N) is 1. The van der Waals surface area contributed by atoms with Gasteiger partial charge >= 0.3 is 0 Å². The SMILES string of the molecule is COc1cccc(CNC(=O)c2cnc(C3CCCCN3C(=O)CC(C)C)nc2C)c1. The largest absolute Gasteiger partial charge is 0.497 e. The molecule has 1 atom stereocenters. The predicted molar refractivity (Wildman–Crippen MR) is 119 cm³/mol. The lowest BCUT2D eigenvalue weighted by atomic mass is 9.99. The van der Waals surface area contributed by atoms with Crippen LogP contribution >= 0.6 is 0 Å². The smallest absolute Gasteiger partial charge is 0.254 e. The van der Waals surface area contributed by atoms with Crippen LogP contribution in [0.15, 0.2) is 30.5 Å². The molecular weight excluding hydrogens is 392 g/mol. The number of piperidine rings is 1. The highest BCUT2D eigenvalue weighted by atomic mass is 16.5. The number of likely N-dealkylation sites (tertiary alicyclic amines) is 1. The minimum Gasteiger partial charge on any atom is -0.497 e. The molecule has 1 unspecified atom stereocenters. The van der Waals surface area contributed by atoms with Crippen molar-refractivity contribution in [2.24, 2.45) is 5.92 Å². The van der Waals surface area contributed by atoms with Crippen LogP contribution in [0.4, 0.5) is 0 Å². The molecule has 0 saturated carbocycles. The van der Waals surface area contributed by atoms with Crippen LogP contribution in [0.2, 0.25) is 0 Å². The summed E-state index contributed by atoms with van der Waals surface area (Å²) < 4.78 is 5.22. The summed E-state index contributed by atoms with van der Waals surface area (Å²) in [6.07, 6.45) is 5.01. The van der Waals surface area contributed by atoms with Gasteiger partial charge in [-0.2, -0.15) is 0 Å². The third kappa shape index (κ3) is 5.81. The number of amides is 2. The number of ether oxygens (including phenoxy) is 1. The zero-order chi connectivity index (χ0) is 22.4. The second-order valence-electron chi connectivity index (χ2n) is 8.46. The molecule has 1 fully saturated rings. The number of aromatic nitrogens is 2. The highest BCUT2D eigenvalue weighted by molar-refractivity contribution is 5.94. The first-order valence-electron chi connectivity index (χ1n) is 10.9. The summed E-state index contributed by atoms with van der Waals surface area (Å²) in [5, 5.41) is 2.92. The molecule has 1 aromatic heterocycles. The molecule has 0 radical (unpaired) electrons. The minimum absolute atomic E-state index is 0.118. The number of carbonyl (C=O) groups is 2. The number of benzene rings is 1. The van der Waals surface area contributed by atoms with Crippen molar-refractivity contribution in [1.29, 1.82) is 0 Å². The lowest BCUT2D eigenvalue weighted by molar-refractivity contribution is -0.136. The Morgan fingerprint density at radius 1 is 1.29 bits per heavy atom. The van der Waals surface area contributed by atoms with E-state index in [0.717, 1.165) is 37.1 Å². The van der Waals surface area contributed by atoms with E-state index >= 15 is 0 Å². The average molecular weight is 425 g/mol. The summed E-state index contributed by atoms with van der Waals surface area (Å²) in [7, 11) is 1.61. The molecule has 1 aliphatic heterocycles. The standard InChI is InChI=1S/C24H32N4O3/c1-16(2)12-22(29)28-11-6-5-10-21(28)23-25-15-20(17(3)27-23)24(30)26-14-18-8-7-9-19(13-18)31-4/h7-9,13,15-16,21H,5-6,10-12,14H2,1-4H3,(H,26,30). The van der Waals surface area contributed by atoms with Gasteiger partial charge in [0.25, 0.3) is 5.91 Å². The van der Waals surface area contributed by atoms with Crippen molar-refractivity contribution in [3.63, 3.8) is 0 Å². The molecule has 2 aromatic rings. The first-order chi connectivity index (χ1) is 14.9. The number of methoxy groups -OCH3 is 1. The normalized spacial score (nSPS) is 16.3. The molecule has 2 amide bonds. The highest BCUT2D eigenvalue weighted by Gasteiger charge is 2.30. The summed E-state index contributed by atoms with van der Waals surface area (Å²) in [6, 6.07) is 7.45. The Hall–Kier alpha value is -2.96. The van der Waals surface area contributed by atoms with Crippen LogP contribution in [0.25, 0.3) is 0 Å². The number of carbonyl (C=O) groups excluding carboxylic acids is 2. The highest BCUT2D eigenvalue weighted by Crippen LogP contribution is 2.30. The molecule has 7 nitrogen and oxygen atoms in total. The first kappa shape index (κ1) is 22.7. The van der Waals surface area contributed by atoms with Crippen molar-refractivity contribution in [2.75, 3.05) is 13.7 Å². The van der Waals surface area contributed by atoms with Crippen LogP contribution in [0.5, 0.6) is 5.75 Å². The molecule has 31 heavy (non-hydrogen) atoms. The van der Waals surface area contributed by atoms with Gasteiger partial charge in [0.2, 0.25) is 5.91 Å². The van der Waals surface area contributed by atoms with Crippen molar-refractivity contribution < 1.29 is 14.3 Å². The van der Waals surface area contributed by atoms with E-state index in [0.29, 0.717) is 36.0 Å². The van der Waals surface area contributed by atoms with Gasteiger partial charge in [0, 0.05) is 25.7 Å². The van der Waals surface area contributed by atoms with Gasteiger partial charge in [0.1, 0.15) is 5.75 Å². The van der Waals surface area contributed by atoms with E-state index in [2.05, 4.69) is 29.1 Å². The fraction of sp³-hybridized carbons (Fsp3) is 0.500. The van der Waals surface area contributed by atoms with Crippen LogP contribution in [-0.2, 0) is 11.3 Å².